The number of halogens is 1. The van der Waals surface area contributed by atoms with E-state index >= 15 is 0 Å². The van der Waals surface area contributed by atoms with E-state index in [1.165, 1.54) is 6.07 Å². The van der Waals surface area contributed by atoms with Crippen molar-refractivity contribution in [2.75, 3.05) is 0 Å². The lowest BCUT2D eigenvalue weighted by Crippen LogP contribution is -2.09. The fourth-order valence-corrected chi connectivity index (χ4v) is 3.59. The number of benzene rings is 1. The van der Waals surface area contributed by atoms with Crippen LogP contribution in [-0.4, -0.2) is 13.3 Å². The van der Waals surface area contributed by atoms with Crippen molar-refractivity contribution in [2.45, 2.75) is 11.1 Å². The topological polar surface area (TPSA) is 86.5 Å². The summed E-state index contributed by atoms with van der Waals surface area (Å²) in [5, 5.41) is 10.8. The van der Waals surface area contributed by atoms with Crippen molar-refractivity contribution in [2.24, 2.45) is 0 Å². The first-order valence-corrected chi connectivity index (χ1v) is 7.47. The molecule has 0 saturated carbocycles. The second kappa shape index (κ2) is 5.17. The first-order valence-electron chi connectivity index (χ1n) is 5.24. The molecular formula is C11H8FNO5S2. The Hall–Kier alpha value is -2.00. The highest BCUT2D eigenvalue weighted by atomic mass is 32.3. The monoisotopic (exact) mass is 317 g/mol. The molecule has 1 aromatic heterocycles. The maximum absolute atomic E-state index is 13.1. The molecule has 0 atom stereocenters. The molecule has 20 heavy (non-hydrogen) atoms. The highest BCUT2D eigenvalue weighted by Gasteiger charge is 2.25. The van der Waals surface area contributed by atoms with Crippen molar-refractivity contribution in [3.63, 3.8) is 0 Å². The summed E-state index contributed by atoms with van der Waals surface area (Å²) in [5.41, 5.74) is -0.622. The zero-order valence-corrected chi connectivity index (χ0v) is 11.7. The molecule has 0 saturated heterocycles. The fraction of sp³-hybridized carbons (Fsp3) is 0.0909. The molecule has 0 amide bonds. The molecule has 6 nitrogen and oxygen atoms in total. The Morgan fingerprint density at radius 2 is 2.00 bits per heavy atom. The van der Waals surface area contributed by atoms with Gasteiger partial charge in [-0.05, 0) is 25.1 Å². The lowest BCUT2D eigenvalue weighted by molar-refractivity contribution is -0.385. The normalized spacial score (nSPS) is 11.3. The van der Waals surface area contributed by atoms with Gasteiger partial charge in [0.05, 0.1) is 4.92 Å². The summed E-state index contributed by atoms with van der Waals surface area (Å²) in [7, 11) is -4.22. The fourth-order valence-electron chi connectivity index (χ4n) is 1.41. The van der Waals surface area contributed by atoms with Crippen molar-refractivity contribution in [1.29, 1.82) is 0 Å². The average molecular weight is 317 g/mol. The van der Waals surface area contributed by atoms with Gasteiger partial charge in [0.2, 0.25) is 5.75 Å². The Balaban J connectivity index is 2.44. The van der Waals surface area contributed by atoms with E-state index in [1.54, 1.807) is 13.0 Å². The Kier molecular flexibility index (Phi) is 3.73. The number of thiophene rings is 1. The maximum atomic E-state index is 13.1. The molecule has 0 radical (unpaired) electrons. The van der Waals surface area contributed by atoms with Gasteiger partial charge in [-0.25, -0.2) is 4.39 Å². The van der Waals surface area contributed by atoms with E-state index in [4.69, 9.17) is 0 Å². The van der Waals surface area contributed by atoms with Crippen molar-refractivity contribution < 1.29 is 21.9 Å². The SMILES string of the molecule is Cc1ccc(S(=O)(=O)Oc2cc(F)ccc2[N+](=O)[O-])s1. The van der Waals surface area contributed by atoms with E-state index in [-0.39, 0.29) is 4.21 Å². The van der Waals surface area contributed by atoms with Crippen LogP contribution in [0.5, 0.6) is 5.75 Å². The molecule has 9 heteroatoms. The van der Waals surface area contributed by atoms with Crippen LogP contribution >= 0.6 is 11.3 Å². The summed E-state index contributed by atoms with van der Waals surface area (Å²) in [5.74, 6) is -1.48. The molecule has 1 aromatic carbocycles. The number of aryl methyl sites for hydroxylation is 1. The van der Waals surface area contributed by atoms with Crippen LogP contribution in [0.4, 0.5) is 10.1 Å². The summed E-state index contributed by atoms with van der Waals surface area (Å²) in [4.78, 5) is 10.7. The van der Waals surface area contributed by atoms with Crippen molar-refractivity contribution in [3.8, 4) is 5.75 Å². The maximum Gasteiger partial charge on any atom is 0.349 e. The molecule has 0 aliphatic carbocycles. The van der Waals surface area contributed by atoms with Crippen molar-refractivity contribution in [1.82, 2.24) is 0 Å². The van der Waals surface area contributed by atoms with Crippen LogP contribution in [0.3, 0.4) is 0 Å². The van der Waals surface area contributed by atoms with Gasteiger partial charge >= 0.3 is 15.8 Å². The van der Waals surface area contributed by atoms with Crippen LogP contribution in [0.1, 0.15) is 4.88 Å². The summed E-state index contributed by atoms with van der Waals surface area (Å²) in [6.45, 7) is 1.70. The van der Waals surface area contributed by atoms with Gasteiger partial charge in [0.15, 0.2) is 4.21 Å². The number of hydrogen-bond donors (Lipinski definition) is 0. The molecule has 1 heterocycles. The second-order valence-corrected chi connectivity index (χ2v) is 6.83. The molecule has 2 aromatic rings. The molecule has 0 aliphatic heterocycles. The van der Waals surface area contributed by atoms with E-state index in [2.05, 4.69) is 4.18 Å². The minimum atomic E-state index is -4.22. The zero-order valence-electron chi connectivity index (χ0n) is 10.1. The lowest BCUT2D eigenvalue weighted by Gasteiger charge is -2.05. The first-order chi connectivity index (χ1) is 9.29. The van der Waals surface area contributed by atoms with Gasteiger partial charge in [0.25, 0.3) is 0 Å². The van der Waals surface area contributed by atoms with Crippen LogP contribution in [-0.2, 0) is 10.1 Å². The van der Waals surface area contributed by atoms with Gasteiger partial charge in [0.1, 0.15) is 5.82 Å². The molecule has 0 fully saturated rings. The molecular weight excluding hydrogens is 309 g/mol. The molecule has 0 unspecified atom stereocenters. The van der Waals surface area contributed by atoms with Crippen LogP contribution in [0, 0.1) is 22.9 Å². The third kappa shape index (κ3) is 2.94. The molecule has 106 valence electrons. The molecule has 0 aliphatic rings. The molecule has 0 N–H and O–H groups in total. The predicted molar refractivity (Wildman–Crippen MR) is 69.9 cm³/mol. The number of nitro benzene ring substituents is 1. The highest BCUT2D eigenvalue weighted by Crippen LogP contribution is 2.31. The smallest absolute Gasteiger partial charge is 0.349 e. The molecule has 0 bridgehead atoms. The second-order valence-electron chi connectivity index (χ2n) is 3.77. The quantitative estimate of drug-likeness (QED) is 0.491. The molecule has 0 spiro atoms. The van der Waals surface area contributed by atoms with Crippen LogP contribution in [0.15, 0.2) is 34.5 Å². The number of nitro groups is 1. The zero-order chi connectivity index (χ0) is 14.9. The number of rotatable bonds is 4. The lowest BCUT2D eigenvalue weighted by atomic mass is 10.3. The van der Waals surface area contributed by atoms with E-state index in [0.29, 0.717) is 6.07 Å². The third-order valence-corrected chi connectivity index (χ3v) is 4.97. The van der Waals surface area contributed by atoms with Gasteiger partial charge < -0.3 is 4.18 Å². The Morgan fingerprint density at radius 1 is 1.30 bits per heavy atom. The van der Waals surface area contributed by atoms with Gasteiger partial charge in [-0.15, -0.1) is 11.3 Å². The van der Waals surface area contributed by atoms with E-state index < -0.39 is 32.3 Å². The van der Waals surface area contributed by atoms with Crippen LogP contribution < -0.4 is 4.18 Å². The van der Waals surface area contributed by atoms with Gasteiger partial charge in [0, 0.05) is 17.0 Å². The number of hydrogen-bond acceptors (Lipinski definition) is 6. The summed E-state index contributed by atoms with van der Waals surface area (Å²) in [6.07, 6.45) is 0. The van der Waals surface area contributed by atoms with E-state index in [0.717, 1.165) is 28.3 Å². The summed E-state index contributed by atoms with van der Waals surface area (Å²) in [6, 6.07) is 5.25. The van der Waals surface area contributed by atoms with Crippen molar-refractivity contribution in [3.05, 3.63) is 51.1 Å². The minimum absolute atomic E-state index is 0.103. The minimum Gasteiger partial charge on any atom is -0.371 e. The van der Waals surface area contributed by atoms with E-state index in [9.17, 15) is 22.9 Å². The Labute approximate surface area is 117 Å². The van der Waals surface area contributed by atoms with E-state index in [1.807, 2.05) is 0 Å². The van der Waals surface area contributed by atoms with Gasteiger partial charge in [-0.1, -0.05) is 0 Å². The third-order valence-electron chi connectivity index (χ3n) is 2.28. The molecule has 2 rings (SSSR count). The highest BCUT2D eigenvalue weighted by molar-refractivity contribution is 7.89. The first kappa shape index (κ1) is 14.4. The predicted octanol–water partition coefficient (Wildman–Crippen LogP) is 2.87. The van der Waals surface area contributed by atoms with Crippen LogP contribution in [0.2, 0.25) is 0 Å². The number of nitrogens with zero attached hydrogens (tertiary/aromatic N) is 1. The largest absolute Gasteiger partial charge is 0.371 e. The van der Waals surface area contributed by atoms with Crippen LogP contribution in [0.25, 0.3) is 0 Å². The van der Waals surface area contributed by atoms with Gasteiger partial charge in [-0.3, -0.25) is 10.1 Å². The van der Waals surface area contributed by atoms with Crippen molar-refractivity contribution >= 4 is 27.1 Å². The standard InChI is InChI=1S/C11H8FNO5S2/c1-7-2-5-11(19-7)20(16,17)18-10-6-8(12)3-4-9(10)13(14)15/h2-6H,1H3. The summed E-state index contributed by atoms with van der Waals surface area (Å²) >= 11 is 0.956. The average Bonchev–Trinajstić information content (AvgIpc) is 2.75. The Morgan fingerprint density at radius 3 is 2.55 bits per heavy atom. The summed E-state index contributed by atoms with van der Waals surface area (Å²) < 4.78 is 41.6. The van der Waals surface area contributed by atoms with Gasteiger partial charge in [-0.2, -0.15) is 8.42 Å². The Bertz CT molecular complexity index is 769.